The maximum atomic E-state index is 14.0. The van der Waals surface area contributed by atoms with E-state index in [0.29, 0.717) is 26.6 Å². The molecule has 168 valence electrons. The summed E-state index contributed by atoms with van der Waals surface area (Å²) in [7, 11) is -3.35. The number of hydrogen-bond donors (Lipinski definition) is 5. The van der Waals surface area contributed by atoms with E-state index in [1.165, 1.54) is 23.5 Å². The summed E-state index contributed by atoms with van der Waals surface area (Å²) < 4.78 is 27.4. The van der Waals surface area contributed by atoms with E-state index in [-0.39, 0.29) is 23.5 Å². The lowest BCUT2D eigenvalue weighted by molar-refractivity contribution is 0.0789. The number of thiophene rings is 1. The minimum Gasteiger partial charge on any atom is -0.386 e. The van der Waals surface area contributed by atoms with E-state index in [1.54, 1.807) is 25.3 Å². The second-order valence-corrected chi connectivity index (χ2v) is 12.2. The molecule has 2 rings (SSSR count). The fourth-order valence-electron chi connectivity index (χ4n) is 2.97. The number of thiol groups is 1. The molecular weight excluding hydrogens is 425 g/mol. The fraction of sp³-hybridized carbons (Fsp3) is 0.476. The molecule has 2 amide bonds. The molecule has 30 heavy (non-hydrogen) atoms. The molecule has 0 bridgehead atoms. The molecule has 0 spiro atoms. The Bertz CT molecular complexity index is 936. The van der Waals surface area contributed by atoms with Crippen LogP contribution in [0.15, 0.2) is 27.8 Å². The van der Waals surface area contributed by atoms with E-state index in [1.807, 2.05) is 27.7 Å². The first-order chi connectivity index (χ1) is 13.7. The van der Waals surface area contributed by atoms with Crippen LogP contribution < -0.4 is 15.8 Å². The Labute approximate surface area is 182 Å². The van der Waals surface area contributed by atoms with Crippen molar-refractivity contribution in [3.05, 3.63) is 46.1 Å². The van der Waals surface area contributed by atoms with Gasteiger partial charge in [-0.25, -0.2) is 9.18 Å². The number of urea groups is 1. The zero-order valence-electron chi connectivity index (χ0n) is 18.2. The summed E-state index contributed by atoms with van der Waals surface area (Å²) in [5.41, 5.74) is 1.50. The first kappa shape index (κ1) is 24.5. The minimum atomic E-state index is -3.35. The van der Waals surface area contributed by atoms with Gasteiger partial charge in [0, 0.05) is 5.69 Å². The Morgan fingerprint density at radius 2 is 1.73 bits per heavy atom. The van der Waals surface area contributed by atoms with Gasteiger partial charge in [-0.2, -0.15) is 0 Å². The van der Waals surface area contributed by atoms with Gasteiger partial charge in [-0.05, 0) is 76.1 Å². The van der Waals surface area contributed by atoms with Gasteiger partial charge in [0.05, 0.1) is 15.7 Å². The smallest absolute Gasteiger partial charge is 0.319 e. The monoisotopic (exact) mass is 457 g/mol. The highest BCUT2D eigenvalue weighted by Crippen LogP contribution is 2.34. The first-order valence-corrected chi connectivity index (χ1v) is 12.6. The third kappa shape index (κ3) is 5.87. The number of nitrogens with two attached hydrogens (primary N) is 1. The van der Waals surface area contributed by atoms with Crippen LogP contribution >= 0.6 is 11.3 Å². The van der Waals surface area contributed by atoms with E-state index in [2.05, 4.69) is 10.6 Å². The molecule has 0 radical (unpaired) electrons. The number of hydrogen-bond acceptors (Lipinski definition) is 4. The lowest BCUT2D eigenvalue weighted by Crippen LogP contribution is -2.40. The lowest BCUT2D eigenvalue weighted by Gasteiger charge is -2.22. The maximum absolute atomic E-state index is 14.0. The summed E-state index contributed by atoms with van der Waals surface area (Å²) in [6.45, 7) is 11.0. The molecule has 0 saturated heterocycles. The molecule has 0 unspecified atom stereocenters. The van der Waals surface area contributed by atoms with Crippen LogP contribution in [0.3, 0.4) is 0 Å². The average molecular weight is 458 g/mol. The summed E-state index contributed by atoms with van der Waals surface area (Å²) in [6, 6.07) is 3.89. The largest absolute Gasteiger partial charge is 0.386 e. The molecular formula is C21H32FN3O3S2. The topological polar surface area (TPSA) is 104 Å². The van der Waals surface area contributed by atoms with Gasteiger partial charge >= 0.3 is 6.03 Å². The summed E-state index contributed by atoms with van der Waals surface area (Å²) in [4.78, 5) is 12.6. The number of rotatable bonds is 7. The Morgan fingerprint density at radius 1 is 1.20 bits per heavy atom. The average Bonchev–Trinajstić information content (AvgIpc) is 3.12. The summed E-state index contributed by atoms with van der Waals surface area (Å²) in [6.07, 6.45) is 0. The van der Waals surface area contributed by atoms with E-state index in [0.717, 1.165) is 0 Å². The highest BCUT2D eigenvalue weighted by atomic mass is 32.3. The molecule has 0 aliphatic carbocycles. The Kier molecular flexibility index (Phi) is 7.45. The molecule has 0 saturated carbocycles. The van der Waals surface area contributed by atoms with Crippen molar-refractivity contribution in [2.75, 3.05) is 11.2 Å². The van der Waals surface area contributed by atoms with Crippen LogP contribution in [-0.4, -0.2) is 21.2 Å². The van der Waals surface area contributed by atoms with Crippen LogP contribution in [0.4, 0.5) is 14.9 Å². The number of carbonyl (C=O) groups is 1. The van der Waals surface area contributed by atoms with Crippen molar-refractivity contribution in [2.24, 2.45) is 5.14 Å². The van der Waals surface area contributed by atoms with Gasteiger partial charge in [-0.3, -0.25) is 9.35 Å². The normalized spacial score (nSPS) is 13.0. The SMILES string of the molecule is CC(C)c1cc(F)cc(C(C)C)c1NC(=O)NC[SH](N)(=O)c1cc(C(C)(C)O)cs1. The maximum Gasteiger partial charge on any atom is 0.319 e. The minimum absolute atomic E-state index is 0.000448. The molecule has 6 nitrogen and oxygen atoms in total. The quantitative estimate of drug-likeness (QED) is 0.398. The van der Waals surface area contributed by atoms with Crippen molar-refractivity contribution in [2.45, 2.75) is 63.2 Å². The Hall–Kier alpha value is -1.81. The third-order valence-electron chi connectivity index (χ3n) is 4.79. The molecule has 1 heterocycles. The standard InChI is InChI=1S/C21H32FN3O3S2/c1-12(2)16-8-15(22)9-17(13(3)4)19(16)25-20(26)24-11-30(23,28)18-7-14(10-29-18)21(5,6)27/h7-10,12-13,27,30H,11H2,1-6H3,(H2,23,28)(H2,24,25,26). The zero-order chi connectivity index (χ0) is 22.9. The number of carbonyl (C=O) groups excluding carboxylic acids is 1. The van der Waals surface area contributed by atoms with Gasteiger partial charge in [-0.15, -0.1) is 11.3 Å². The van der Waals surface area contributed by atoms with E-state index < -0.39 is 21.8 Å². The van der Waals surface area contributed by atoms with Crippen molar-refractivity contribution in [1.29, 1.82) is 0 Å². The van der Waals surface area contributed by atoms with Crippen molar-refractivity contribution < 1.29 is 18.5 Å². The molecule has 1 aromatic heterocycles. The van der Waals surface area contributed by atoms with E-state index in [4.69, 9.17) is 5.14 Å². The van der Waals surface area contributed by atoms with Crippen molar-refractivity contribution in [3.8, 4) is 0 Å². The number of halogens is 1. The van der Waals surface area contributed by atoms with Crippen molar-refractivity contribution in [1.82, 2.24) is 5.32 Å². The highest BCUT2D eigenvalue weighted by Gasteiger charge is 2.23. The molecule has 0 fully saturated rings. The van der Waals surface area contributed by atoms with Gasteiger partial charge in [-0.1, -0.05) is 27.7 Å². The fourth-order valence-corrected chi connectivity index (χ4v) is 5.73. The second kappa shape index (κ2) is 9.13. The van der Waals surface area contributed by atoms with Crippen LogP contribution in [-0.2, 0) is 15.7 Å². The van der Waals surface area contributed by atoms with Gasteiger partial charge in [0.1, 0.15) is 5.82 Å². The number of benzene rings is 1. The van der Waals surface area contributed by atoms with E-state index >= 15 is 0 Å². The summed E-state index contributed by atoms with van der Waals surface area (Å²) in [5.74, 6) is -0.582. The summed E-state index contributed by atoms with van der Waals surface area (Å²) >= 11 is 1.19. The van der Waals surface area contributed by atoms with Crippen molar-refractivity contribution in [3.63, 3.8) is 0 Å². The van der Waals surface area contributed by atoms with Crippen molar-refractivity contribution >= 4 is 33.2 Å². The van der Waals surface area contributed by atoms with Crippen LogP contribution in [0.25, 0.3) is 0 Å². The Morgan fingerprint density at radius 3 is 2.17 bits per heavy atom. The van der Waals surface area contributed by atoms with Gasteiger partial charge in [0.25, 0.3) is 0 Å². The molecule has 0 aliphatic heterocycles. The Balaban J connectivity index is 2.18. The predicted molar refractivity (Wildman–Crippen MR) is 123 cm³/mol. The van der Waals surface area contributed by atoms with Crippen LogP contribution in [0.2, 0.25) is 0 Å². The third-order valence-corrected chi connectivity index (χ3v) is 8.26. The summed E-state index contributed by atoms with van der Waals surface area (Å²) in [5, 5.41) is 23.2. The molecule has 0 aliphatic rings. The van der Waals surface area contributed by atoms with Gasteiger partial charge in [0.15, 0.2) is 0 Å². The van der Waals surface area contributed by atoms with Crippen LogP contribution in [0, 0.1) is 5.82 Å². The van der Waals surface area contributed by atoms with Crippen LogP contribution in [0.5, 0.6) is 0 Å². The number of nitrogens with one attached hydrogen (secondary N) is 2. The second-order valence-electron chi connectivity index (χ2n) is 8.59. The first-order valence-electron chi connectivity index (χ1n) is 9.80. The molecule has 9 heteroatoms. The zero-order valence-corrected chi connectivity index (χ0v) is 20.0. The lowest BCUT2D eigenvalue weighted by atomic mass is 9.92. The van der Waals surface area contributed by atoms with Crippen LogP contribution in [0.1, 0.15) is 70.1 Å². The number of amides is 2. The molecule has 1 aromatic carbocycles. The predicted octanol–water partition coefficient (Wildman–Crippen LogP) is 4.39. The molecule has 0 atom stereocenters. The number of aliphatic hydroxyl groups is 1. The van der Waals surface area contributed by atoms with Gasteiger partial charge < -0.3 is 15.7 Å². The van der Waals surface area contributed by atoms with Gasteiger partial charge in [0.2, 0.25) is 0 Å². The molecule has 2 aromatic rings. The highest BCUT2D eigenvalue weighted by molar-refractivity contribution is 8.02. The number of anilines is 1. The van der Waals surface area contributed by atoms with E-state index in [9.17, 15) is 18.5 Å². The molecule has 5 N–H and O–H groups in total.